The molecular formula is C21H23N5O3. The summed E-state index contributed by atoms with van der Waals surface area (Å²) in [4.78, 5) is 25.4. The van der Waals surface area contributed by atoms with Gasteiger partial charge in [0, 0.05) is 37.9 Å². The summed E-state index contributed by atoms with van der Waals surface area (Å²) >= 11 is 0. The van der Waals surface area contributed by atoms with Gasteiger partial charge in [-0.15, -0.1) is 0 Å². The number of rotatable bonds is 8. The average Bonchev–Trinajstić information content (AvgIpc) is 3.38. The molecule has 1 fully saturated rings. The van der Waals surface area contributed by atoms with Gasteiger partial charge in [-0.3, -0.25) is 9.78 Å². The molecule has 8 nitrogen and oxygen atoms in total. The molecule has 150 valence electrons. The van der Waals surface area contributed by atoms with Crippen LogP contribution in [0.4, 0.5) is 11.5 Å². The topological polar surface area (TPSA) is 92.4 Å². The minimum Gasteiger partial charge on any atom is -0.455 e. The van der Waals surface area contributed by atoms with Crippen LogP contribution in [0.1, 0.15) is 24.1 Å². The van der Waals surface area contributed by atoms with E-state index < -0.39 is 0 Å². The van der Waals surface area contributed by atoms with Crippen LogP contribution in [0.3, 0.4) is 0 Å². The van der Waals surface area contributed by atoms with Gasteiger partial charge in [-0.2, -0.15) is 0 Å². The second-order valence-electron chi connectivity index (χ2n) is 6.85. The lowest BCUT2D eigenvalue weighted by Crippen LogP contribution is -2.24. The minimum absolute atomic E-state index is 0.175. The van der Waals surface area contributed by atoms with E-state index in [1.54, 1.807) is 25.8 Å². The summed E-state index contributed by atoms with van der Waals surface area (Å²) in [6.45, 7) is 1.72. The molecular weight excluding hydrogens is 370 g/mol. The van der Waals surface area contributed by atoms with E-state index >= 15 is 0 Å². The van der Waals surface area contributed by atoms with Gasteiger partial charge in [-0.05, 0) is 36.8 Å². The third-order valence-corrected chi connectivity index (χ3v) is 4.69. The number of benzene rings is 1. The lowest BCUT2D eigenvalue weighted by molar-refractivity contribution is -0.128. The Morgan fingerprint density at radius 1 is 1.24 bits per heavy atom. The third kappa shape index (κ3) is 4.72. The molecule has 0 unspecified atom stereocenters. The number of ether oxygens (including phenoxy) is 2. The number of carbonyl (C=O) groups is 1. The number of likely N-dealkylation sites (tertiary alicyclic amines) is 1. The molecule has 2 aromatic heterocycles. The maximum absolute atomic E-state index is 12.1. The lowest BCUT2D eigenvalue weighted by Gasteiger charge is -2.19. The summed E-state index contributed by atoms with van der Waals surface area (Å²) < 4.78 is 11.2. The molecule has 29 heavy (non-hydrogen) atoms. The summed E-state index contributed by atoms with van der Waals surface area (Å²) in [7, 11) is 1.64. The first kappa shape index (κ1) is 18.9. The van der Waals surface area contributed by atoms with Gasteiger partial charge in [-0.1, -0.05) is 0 Å². The molecule has 1 aliphatic rings. The van der Waals surface area contributed by atoms with E-state index in [-0.39, 0.29) is 5.91 Å². The molecule has 1 saturated heterocycles. The Balaban J connectivity index is 1.57. The van der Waals surface area contributed by atoms with E-state index in [2.05, 4.69) is 20.3 Å². The predicted octanol–water partition coefficient (Wildman–Crippen LogP) is 3.61. The molecule has 0 saturated carbocycles. The van der Waals surface area contributed by atoms with Crippen LogP contribution in [-0.4, -0.2) is 39.4 Å². The Bertz CT molecular complexity index is 957. The number of nitrogens with zero attached hydrogens (tertiary/aromatic N) is 3. The second-order valence-corrected chi connectivity index (χ2v) is 6.85. The molecule has 0 bridgehead atoms. The van der Waals surface area contributed by atoms with Gasteiger partial charge < -0.3 is 24.7 Å². The van der Waals surface area contributed by atoms with Gasteiger partial charge in [0.1, 0.15) is 17.3 Å². The number of pyridine rings is 1. The third-order valence-electron chi connectivity index (χ3n) is 4.69. The van der Waals surface area contributed by atoms with E-state index in [1.807, 2.05) is 35.2 Å². The smallest absolute Gasteiger partial charge is 0.222 e. The number of aromatic amines is 1. The van der Waals surface area contributed by atoms with Gasteiger partial charge in [0.15, 0.2) is 0 Å². The van der Waals surface area contributed by atoms with Crippen molar-refractivity contribution in [2.75, 3.05) is 19.0 Å². The fraction of sp³-hybridized carbons (Fsp3) is 0.286. The average molecular weight is 393 g/mol. The highest BCUT2D eigenvalue weighted by Crippen LogP contribution is 2.30. The van der Waals surface area contributed by atoms with Crippen molar-refractivity contribution < 1.29 is 14.3 Å². The maximum atomic E-state index is 12.1. The highest BCUT2D eigenvalue weighted by Gasteiger charge is 2.22. The van der Waals surface area contributed by atoms with Gasteiger partial charge >= 0.3 is 0 Å². The molecule has 8 heteroatoms. The molecule has 2 N–H and O–H groups in total. The number of nitrogens with one attached hydrogen (secondary N) is 2. The molecule has 3 heterocycles. The summed E-state index contributed by atoms with van der Waals surface area (Å²) in [5.74, 6) is 2.29. The SMILES string of the molecule is COCc1ccc(Oc2ccc(Nc3cnc[nH]3)cc2CN2CCCC2=O)cn1. The van der Waals surface area contributed by atoms with E-state index in [0.29, 0.717) is 31.1 Å². The van der Waals surface area contributed by atoms with Crippen LogP contribution in [0.5, 0.6) is 11.5 Å². The van der Waals surface area contributed by atoms with Crippen molar-refractivity contribution in [3.8, 4) is 11.5 Å². The molecule has 1 amide bonds. The summed E-state index contributed by atoms with van der Waals surface area (Å²) in [5, 5.41) is 3.27. The van der Waals surface area contributed by atoms with Crippen molar-refractivity contribution >= 4 is 17.4 Å². The number of amides is 1. The van der Waals surface area contributed by atoms with Gasteiger partial charge in [0.05, 0.1) is 31.0 Å². The largest absolute Gasteiger partial charge is 0.455 e. The number of methoxy groups -OCH3 is 1. The van der Waals surface area contributed by atoms with Crippen LogP contribution in [-0.2, 0) is 22.7 Å². The van der Waals surface area contributed by atoms with Crippen LogP contribution in [0.25, 0.3) is 0 Å². The van der Waals surface area contributed by atoms with Crippen molar-refractivity contribution in [3.05, 3.63) is 60.3 Å². The van der Waals surface area contributed by atoms with E-state index in [4.69, 9.17) is 9.47 Å². The molecule has 4 rings (SSSR count). The van der Waals surface area contributed by atoms with E-state index in [9.17, 15) is 4.79 Å². The number of carbonyl (C=O) groups excluding carboxylic acids is 1. The minimum atomic E-state index is 0.175. The van der Waals surface area contributed by atoms with Crippen LogP contribution in [0, 0.1) is 0 Å². The first-order valence-electron chi connectivity index (χ1n) is 9.49. The fourth-order valence-electron chi connectivity index (χ4n) is 3.27. The Morgan fingerprint density at radius 2 is 2.17 bits per heavy atom. The van der Waals surface area contributed by atoms with Crippen LogP contribution in [0.2, 0.25) is 0 Å². The standard InChI is InChI=1S/C21H23N5O3/c1-28-13-17-4-6-18(10-23-17)29-19-7-5-16(25-20-11-22-14-24-20)9-15(19)12-26-8-2-3-21(26)27/h4-7,9-11,14,25H,2-3,8,12-13H2,1H3,(H,22,24). The van der Waals surface area contributed by atoms with E-state index in [1.165, 1.54) is 0 Å². The number of hydrogen-bond donors (Lipinski definition) is 2. The Hall–Kier alpha value is -3.39. The molecule has 0 radical (unpaired) electrons. The van der Waals surface area contributed by atoms with Crippen molar-refractivity contribution in [1.29, 1.82) is 0 Å². The first-order valence-corrected chi connectivity index (χ1v) is 9.49. The Morgan fingerprint density at radius 3 is 2.86 bits per heavy atom. The first-order chi connectivity index (χ1) is 14.2. The molecule has 1 aliphatic heterocycles. The second kappa shape index (κ2) is 8.74. The Kier molecular flexibility index (Phi) is 5.71. The van der Waals surface area contributed by atoms with E-state index in [0.717, 1.165) is 35.7 Å². The molecule has 3 aromatic rings. The van der Waals surface area contributed by atoms with Crippen molar-refractivity contribution in [3.63, 3.8) is 0 Å². The number of anilines is 2. The summed E-state index contributed by atoms with van der Waals surface area (Å²) in [5.41, 5.74) is 2.64. The van der Waals surface area contributed by atoms with Crippen LogP contribution >= 0.6 is 0 Å². The van der Waals surface area contributed by atoms with Crippen molar-refractivity contribution in [2.24, 2.45) is 0 Å². The lowest BCUT2D eigenvalue weighted by atomic mass is 10.1. The van der Waals surface area contributed by atoms with Crippen LogP contribution in [0.15, 0.2) is 49.1 Å². The van der Waals surface area contributed by atoms with Gasteiger partial charge in [0.25, 0.3) is 0 Å². The zero-order chi connectivity index (χ0) is 20.1. The fourth-order valence-corrected chi connectivity index (χ4v) is 3.27. The molecule has 0 atom stereocenters. The zero-order valence-electron chi connectivity index (χ0n) is 16.2. The normalized spacial score (nSPS) is 13.7. The van der Waals surface area contributed by atoms with Crippen molar-refractivity contribution in [1.82, 2.24) is 19.9 Å². The molecule has 0 aliphatic carbocycles. The van der Waals surface area contributed by atoms with Crippen LogP contribution < -0.4 is 10.1 Å². The Labute approximate surface area is 168 Å². The van der Waals surface area contributed by atoms with Crippen molar-refractivity contribution in [2.45, 2.75) is 26.0 Å². The maximum Gasteiger partial charge on any atom is 0.222 e. The zero-order valence-corrected chi connectivity index (χ0v) is 16.2. The van der Waals surface area contributed by atoms with Gasteiger partial charge in [0.2, 0.25) is 5.91 Å². The van der Waals surface area contributed by atoms with Gasteiger partial charge in [-0.25, -0.2) is 4.98 Å². The quantitative estimate of drug-likeness (QED) is 0.607. The summed E-state index contributed by atoms with van der Waals surface area (Å²) in [6.07, 6.45) is 6.50. The molecule has 0 spiro atoms. The number of hydrogen-bond acceptors (Lipinski definition) is 6. The monoisotopic (exact) mass is 393 g/mol. The predicted molar refractivity (Wildman–Crippen MR) is 108 cm³/mol. The number of aromatic nitrogens is 3. The molecule has 1 aromatic carbocycles. The highest BCUT2D eigenvalue weighted by molar-refractivity contribution is 5.78. The highest BCUT2D eigenvalue weighted by atomic mass is 16.5. The number of imidazole rings is 1. The summed E-state index contributed by atoms with van der Waals surface area (Å²) in [6, 6.07) is 9.56. The number of H-pyrrole nitrogens is 1.